The fourth-order valence-corrected chi connectivity index (χ4v) is 7.73. The smallest absolute Gasteiger partial charge is 0.189 e. The second-order valence-corrected chi connectivity index (χ2v) is 18.9. The lowest BCUT2D eigenvalue weighted by molar-refractivity contribution is -0.114. The second-order valence-electron chi connectivity index (χ2n) is 18.9. The molecule has 0 fully saturated rings. The summed E-state index contributed by atoms with van der Waals surface area (Å²) >= 11 is 0. The normalized spacial score (nSPS) is 16.0. The highest BCUT2D eigenvalue weighted by Crippen LogP contribution is 2.45. The van der Waals surface area contributed by atoms with Crippen LogP contribution in [0.5, 0.6) is 5.75 Å². The van der Waals surface area contributed by atoms with Crippen LogP contribution < -0.4 is 0 Å². The maximum Gasteiger partial charge on any atom is 0.189 e. The van der Waals surface area contributed by atoms with E-state index in [0.29, 0.717) is 42.8 Å². The molecular weight excluding hydrogens is 657 g/mol. The topological polar surface area (TPSA) is 99.6 Å². The van der Waals surface area contributed by atoms with Gasteiger partial charge in [0, 0.05) is 33.5 Å². The summed E-state index contributed by atoms with van der Waals surface area (Å²) in [5, 5.41) is 11.4. The van der Waals surface area contributed by atoms with E-state index >= 15 is 0 Å². The molecule has 0 saturated carbocycles. The number of carbonyl (C=O) groups is 3. The predicted octanol–water partition coefficient (Wildman–Crippen LogP) is 11.6. The number of hydrogen-bond donors (Lipinski definition) is 2. The first-order chi connectivity index (χ1) is 24.3. The Balaban J connectivity index is 1.85. The molecule has 2 N–H and O–H groups in total. The summed E-state index contributed by atoms with van der Waals surface area (Å²) in [6.07, 6.45) is 6.21. The van der Waals surface area contributed by atoms with Gasteiger partial charge in [-0.25, -0.2) is 4.99 Å². The van der Waals surface area contributed by atoms with Crippen LogP contribution in [-0.2, 0) is 33.3 Å². The highest BCUT2D eigenvalue weighted by atomic mass is 16.3. The van der Waals surface area contributed by atoms with Gasteiger partial charge in [0.25, 0.3) is 0 Å². The molecular formula is C47H64N2O4. The molecule has 6 heteroatoms. The Morgan fingerprint density at radius 2 is 1.13 bits per heavy atom. The molecule has 0 radical (unpaired) electrons. The monoisotopic (exact) mass is 720 g/mol. The first-order valence-corrected chi connectivity index (χ1v) is 19.5. The van der Waals surface area contributed by atoms with E-state index in [0.717, 1.165) is 67.1 Å². The number of phenolic OH excluding ortho intramolecular Hbond substituents is 1. The molecule has 6 nitrogen and oxygen atoms in total. The Labute approximate surface area is 319 Å². The number of H-pyrrole nitrogens is 1. The summed E-state index contributed by atoms with van der Waals surface area (Å²) in [6, 6.07) is 4.08. The number of phenols is 1. The van der Waals surface area contributed by atoms with Gasteiger partial charge in [0.05, 0.1) is 17.8 Å². The predicted molar refractivity (Wildman–Crippen MR) is 220 cm³/mol. The van der Waals surface area contributed by atoms with Gasteiger partial charge in [-0.15, -0.1) is 0 Å². The van der Waals surface area contributed by atoms with Crippen molar-refractivity contribution in [2.24, 2.45) is 15.8 Å². The van der Waals surface area contributed by atoms with Crippen molar-refractivity contribution in [2.75, 3.05) is 0 Å². The number of rotatable bonds is 9. The molecule has 0 spiro atoms. The fraction of sp³-hybridized carbons (Fsp3) is 0.532. The minimum atomic E-state index is -0.378. The number of aromatic nitrogens is 1. The molecule has 53 heavy (non-hydrogen) atoms. The summed E-state index contributed by atoms with van der Waals surface area (Å²) in [5.74, 6) is -0.199. The van der Waals surface area contributed by atoms with E-state index in [1.807, 2.05) is 79.7 Å². The van der Waals surface area contributed by atoms with Crippen molar-refractivity contribution in [3.05, 3.63) is 85.8 Å². The molecule has 286 valence electrons. The SMILES string of the molecule is CCC1=C(CC)C(=C2C=C(C(C)(C)C)C(=O)C(C(C)(C)C)=C2)N=C1C(=O)CC(=O)c1[nH]c(-c2cc(C(C)(C)C)c(O)c(C(C)(C)C)c2)c(CC)c1CC. The van der Waals surface area contributed by atoms with Crippen LogP contribution in [0.4, 0.5) is 0 Å². The number of benzene rings is 1. The lowest BCUT2D eigenvalue weighted by Crippen LogP contribution is -2.28. The summed E-state index contributed by atoms with van der Waals surface area (Å²) in [5.41, 5.74) is 9.76. The van der Waals surface area contributed by atoms with Crippen molar-refractivity contribution in [2.45, 2.75) is 154 Å². The maximum atomic E-state index is 14.3. The quantitative estimate of drug-likeness (QED) is 0.199. The molecule has 2 heterocycles. The molecule has 4 rings (SSSR count). The van der Waals surface area contributed by atoms with E-state index in [9.17, 15) is 19.5 Å². The zero-order valence-electron chi connectivity index (χ0n) is 35.5. The van der Waals surface area contributed by atoms with Gasteiger partial charge < -0.3 is 10.1 Å². The number of hydrogen-bond acceptors (Lipinski definition) is 5. The average molecular weight is 721 g/mol. The minimum Gasteiger partial charge on any atom is -0.507 e. The largest absolute Gasteiger partial charge is 0.507 e. The van der Waals surface area contributed by atoms with Gasteiger partial charge in [-0.1, -0.05) is 111 Å². The Morgan fingerprint density at radius 1 is 0.660 bits per heavy atom. The van der Waals surface area contributed by atoms with Gasteiger partial charge >= 0.3 is 0 Å². The minimum absolute atomic E-state index is 0.0519. The van der Waals surface area contributed by atoms with Crippen molar-refractivity contribution >= 4 is 23.1 Å². The Morgan fingerprint density at radius 3 is 1.53 bits per heavy atom. The van der Waals surface area contributed by atoms with E-state index in [2.05, 4.69) is 60.4 Å². The third-order valence-electron chi connectivity index (χ3n) is 10.6. The van der Waals surface area contributed by atoms with Crippen molar-refractivity contribution in [3.8, 4) is 17.0 Å². The molecule has 0 atom stereocenters. The van der Waals surface area contributed by atoms with E-state index in [1.54, 1.807) is 0 Å². The molecule has 2 aromatic rings. The average Bonchev–Trinajstić information content (AvgIpc) is 3.61. The third-order valence-corrected chi connectivity index (χ3v) is 10.6. The van der Waals surface area contributed by atoms with Crippen molar-refractivity contribution in [1.29, 1.82) is 0 Å². The lowest BCUT2D eigenvalue weighted by atomic mass is 9.71. The first-order valence-electron chi connectivity index (χ1n) is 19.5. The van der Waals surface area contributed by atoms with E-state index < -0.39 is 0 Å². The van der Waals surface area contributed by atoms with Crippen LogP contribution in [0, 0.1) is 10.8 Å². The number of allylic oxidation sites excluding steroid dienone is 7. The van der Waals surface area contributed by atoms with E-state index in [-0.39, 0.29) is 45.4 Å². The van der Waals surface area contributed by atoms with Gasteiger partial charge in [0.1, 0.15) is 11.5 Å². The molecule has 1 aliphatic carbocycles. The summed E-state index contributed by atoms with van der Waals surface area (Å²) in [7, 11) is 0. The summed E-state index contributed by atoms with van der Waals surface area (Å²) in [6.45, 7) is 33.1. The molecule has 1 aromatic carbocycles. The molecule has 1 aromatic heterocycles. The summed E-state index contributed by atoms with van der Waals surface area (Å²) in [4.78, 5) is 50.7. The van der Waals surface area contributed by atoms with Crippen LogP contribution in [0.25, 0.3) is 11.3 Å². The number of aromatic amines is 1. The number of Topliss-reactive ketones (excluding diaryl/α,β-unsaturated/α-hetero) is 3. The van der Waals surface area contributed by atoms with Gasteiger partial charge in [-0.2, -0.15) is 0 Å². The summed E-state index contributed by atoms with van der Waals surface area (Å²) < 4.78 is 0. The van der Waals surface area contributed by atoms with Gasteiger partial charge in [-0.05, 0) is 99.5 Å². The van der Waals surface area contributed by atoms with Crippen LogP contribution in [0.3, 0.4) is 0 Å². The van der Waals surface area contributed by atoms with Gasteiger partial charge in [0.2, 0.25) is 0 Å². The van der Waals surface area contributed by atoms with Crippen LogP contribution >= 0.6 is 0 Å². The van der Waals surface area contributed by atoms with Gasteiger partial charge in [-0.3, -0.25) is 14.4 Å². The van der Waals surface area contributed by atoms with Crippen LogP contribution in [0.1, 0.15) is 163 Å². The fourth-order valence-electron chi connectivity index (χ4n) is 7.73. The number of aliphatic imine (C=N–C) groups is 1. The second kappa shape index (κ2) is 14.6. The van der Waals surface area contributed by atoms with Crippen molar-refractivity contribution in [1.82, 2.24) is 4.98 Å². The van der Waals surface area contributed by atoms with Crippen molar-refractivity contribution < 1.29 is 19.5 Å². The van der Waals surface area contributed by atoms with Crippen LogP contribution in [0.15, 0.2) is 62.8 Å². The van der Waals surface area contributed by atoms with E-state index in [4.69, 9.17) is 4.99 Å². The molecule has 0 amide bonds. The number of carbonyl (C=O) groups excluding carboxylic acids is 3. The lowest BCUT2D eigenvalue weighted by Gasteiger charge is -2.31. The maximum absolute atomic E-state index is 14.3. The Hall–Kier alpha value is -4.06. The Bertz CT molecular complexity index is 1940. The van der Waals surface area contributed by atoms with Crippen molar-refractivity contribution in [3.63, 3.8) is 0 Å². The number of nitrogens with zero attached hydrogens (tertiary/aromatic N) is 1. The molecule has 0 bridgehead atoms. The zero-order chi connectivity index (χ0) is 40.2. The van der Waals surface area contributed by atoms with Gasteiger partial charge in [0.15, 0.2) is 17.3 Å². The number of nitrogens with one attached hydrogen (secondary N) is 1. The molecule has 0 saturated heterocycles. The Kier molecular flexibility index (Phi) is 11.5. The zero-order valence-corrected chi connectivity index (χ0v) is 35.5. The van der Waals surface area contributed by atoms with E-state index in [1.165, 1.54) is 0 Å². The van der Waals surface area contributed by atoms with Crippen LogP contribution in [-0.4, -0.2) is 33.2 Å². The highest BCUT2D eigenvalue weighted by molar-refractivity contribution is 6.50. The third kappa shape index (κ3) is 8.07. The molecule has 2 aliphatic rings. The standard InChI is InChI=1S/C47H64N2O4/c1-17-28-30(19-3)40(48-38(28)26-21-32(44(5,6)7)42(52)33(22-26)45(8,9)10)36(50)25-37(51)41-31(20-4)29(18-2)39(49-41)27-23-34(46(11,12)13)43(53)35(24-27)47(14,15)16/h21-24,48,52H,17-20,25H2,1-16H3. The number of ketones is 3. The van der Waals surface area contributed by atoms with Crippen LogP contribution in [0.2, 0.25) is 0 Å². The number of aromatic hydroxyl groups is 1. The first kappa shape index (κ1) is 41.7. The molecule has 0 unspecified atom stereocenters. The molecule has 1 aliphatic heterocycles. The highest BCUT2D eigenvalue weighted by Gasteiger charge is 2.37.